The number of nitro groups is 1. The maximum atomic E-state index is 11.8. The Balaban J connectivity index is 2.65. The highest BCUT2D eigenvalue weighted by Crippen LogP contribution is 2.27. The second-order valence-corrected chi connectivity index (χ2v) is 3.49. The van der Waals surface area contributed by atoms with Crippen molar-refractivity contribution in [3.63, 3.8) is 0 Å². The molecule has 0 saturated heterocycles. The minimum Gasteiger partial charge on any atom is -0.358 e. The molecule has 0 saturated carbocycles. The number of carbonyl (C=O) groups excluding carboxylic acids is 1. The number of Topliss-reactive ketones (excluding diaryl/α,β-unsaturated/α-hetero) is 1. The summed E-state index contributed by atoms with van der Waals surface area (Å²) in [6.45, 7) is 0. The highest BCUT2D eigenvalue weighted by molar-refractivity contribution is 8.00. The van der Waals surface area contributed by atoms with Gasteiger partial charge in [0.05, 0.1) is 5.75 Å². The predicted molar refractivity (Wildman–Crippen MR) is 47.0 cm³/mol. The van der Waals surface area contributed by atoms with Crippen LogP contribution in [-0.2, 0) is 4.79 Å². The molecule has 16 heavy (non-hydrogen) atoms. The van der Waals surface area contributed by atoms with Crippen molar-refractivity contribution in [3.8, 4) is 0 Å². The zero-order valence-corrected chi connectivity index (χ0v) is 8.26. The fourth-order valence-corrected chi connectivity index (χ4v) is 1.56. The second kappa shape index (κ2) is 4.51. The van der Waals surface area contributed by atoms with E-state index in [-0.39, 0.29) is 5.03 Å². The molecular formula is C6H4F3N3O3S. The first-order chi connectivity index (χ1) is 7.32. The first-order valence-corrected chi connectivity index (χ1v) is 4.71. The van der Waals surface area contributed by atoms with Gasteiger partial charge in [0.2, 0.25) is 5.78 Å². The highest BCUT2D eigenvalue weighted by atomic mass is 32.2. The predicted octanol–water partition coefficient (Wildman–Crippen LogP) is 1.54. The van der Waals surface area contributed by atoms with Gasteiger partial charge in [-0.1, -0.05) is 11.8 Å². The number of aromatic nitrogens is 2. The summed E-state index contributed by atoms with van der Waals surface area (Å²) < 4.78 is 35.4. The minimum atomic E-state index is -4.93. The van der Waals surface area contributed by atoms with E-state index in [1.807, 2.05) is 0 Å². The van der Waals surface area contributed by atoms with E-state index in [9.17, 15) is 28.1 Å². The van der Waals surface area contributed by atoms with Crippen molar-refractivity contribution in [1.82, 2.24) is 9.97 Å². The Morgan fingerprint density at radius 2 is 2.25 bits per heavy atom. The molecule has 0 fully saturated rings. The Bertz CT molecular complexity index is 417. The van der Waals surface area contributed by atoms with Gasteiger partial charge in [0.25, 0.3) is 0 Å². The smallest absolute Gasteiger partial charge is 0.358 e. The number of halogens is 3. The third-order valence-electron chi connectivity index (χ3n) is 1.42. The van der Waals surface area contributed by atoms with Gasteiger partial charge in [0, 0.05) is 0 Å². The molecular weight excluding hydrogens is 251 g/mol. The van der Waals surface area contributed by atoms with Gasteiger partial charge in [0.15, 0.2) is 11.4 Å². The molecule has 0 atom stereocenters. The first-order valence-electron chi connectivity index (χ1n) is 3.73. The topological polar surface area (TPSA) is 88.9 Å². The molecule has 1 aromatic rings. The lowest BCUT2D eigenvalue weighted by Crippen LogP contribution is -2.24. The molecule has 1 aromatic heterocycles. The normalized spacial score (nSPS) is 11.4. The van der Waals surface area contributed by atoms with E-state index < -0.39 is 28.5 Å². The average Bonchev–Trinajstić information content (AvgIpc) is 2.60. The molecule has 0 aliphatic rings. The molecule has 88 valence electrons. The van der Waals surface area contributed by atoms with Crippen LogP contribution < -0.4 is 0 Å². The summed E-state index contributed by atoms with van der Waals surface area (Å²) in [5.41, 5.74) is 0. The number of ketones is 1. The fraction of sp³-hybridized carbons (Fsp3) is 0.333. The highest BCUT2D eigenvalue weighted by Gasteiger charge is 2.38. The molecule has 1 rings (SSSR count). The number of rotatable bonds is 4. The summed E-state index contributed by atoms with van der Waals surface area (Å²) in [6, 6.07) is 0. The van der Waals surface area contributed by atoms with Crippen LogP contribution in [0.25, 0.3) is 0 Å². The molecule has 1 N–H and O–H groups in total. The van der Waals surface area contributed by atoms with Gasteiger partial charge >= 0.3 is 12.0 Å². The molecule has 0 aromatic carbocycles. The molecule has 0 spiro atoms. The maximum Gasteiger partial charge on any atom is 0.450 e. The van der Waals surface area contributed by atoms with E-state index in [1.165, 1.54) is 0 Å². The van der Waals surface area contributed by atoms with Gasteiger partial charge in [-0.15, -0.1) is 0 Å². The molecule has 10 heteroatoms. The van der Waals surface area contributed by atoms with Gasteiger partial charge in [-0.2, -0.15) is 13.2 Å². The Morgan fingerprint density at radius 3 is 2.75 bits per heavy atom. The van der Waals surface area contributed by atoms with Gasteiger partial charge in [-0.25, -0.2) is 9.97 Å². The summed E-state index contributed by atoms with van der Waals surface area (Å²) in [5, 5.41) is 10.1. The number of nitrogens with one attached hydrogen (secondary N) is 1. The number of carbonyl (C=O) groups is 1. The van der Waals surface area contributed by atoms with Crippen molar-refractivity contribution < 1.29 is 22.9 Å². The van der Waals surface area contributed by atoms with Crippen LogP contribution in [0.15, 0.2) is 11.4 Å². The summed E-state index contributed by atoms with van der Waals surface area (Å²) in [4.78, 5) is 25.6. The number of alkyl halides is 3. The summed E-state index contributed by atoms with van der Waals surface area (Å²) in [6.07, 6.45) is -3.96. The van der Waals surface area contributed by atoms with Crippen molar-refractivity contribution in [2.45, 2.75) is 11.2 Å². The van der Waals surface area contributed by atoms with Crippen LogP contribution in [0, 0.1) is 10.1 Å². The summed E-state index contributed by atoms with van der Waals surface area (Å²) in [7, 11) is 0. The number of H-pyrrole nitrogens is 1. The standard InChI is InChI=1S/C6H4F3N3O3S/c7-6(8,9)3(13)1-16-5-4(12(14)15)10-2-11-5/h2H,1H2,(H,10,11). The van der Waals surface area contributed by atoms with Crippen molar-refractivity contribution >= 4 is 23.4 Å². The summed E-state index contributed by atoms with van der Waals surface area (Å²) >= 11 is 0.363. The van der Waals surface area contributed by atoms with Gasteiger partial charge in [0.1, 0.15) is 0 Å². The molecule has 0 amide bonds. The molecule has 0 bridgehead atoms. The number of hydrogen-bond donors (Lipinski definition) is 1. The number of nitrogens with zero attached hydrogens (tertiary/aromatic N) is 2. The van der Waals surface area contributed by atoms with Crippen molar-refractivity contribution in [1.29, 1.82) is 0 Å². The first kappa shape index (κ1) is 12.5. The van der Waals surface area contributed by atoms with Crippen LogP contribution in [-0.4, -0.2) is 32.6 Å². The van der Waals surface area contributed by atoms with E-state index in [0.717, 1.165) is 6.33 Å². The van der Waals surface area contributed by atoms with Crippen LogP contribution in [0.4, 0.5) is 19.0 Å². The number of hydrogen-bond acceptors (Lipinski definition) is 5. The zero-order valence-electron chi connectivity index (χ0n) is 7.45. The number of aromatic amines is 1. The van der Waals surface area contributed by atoms with E-state index in [1.54, 1.807) is 0 Å². The molecule has 0 aliphatic heterocycles. The molecule has 6 nitrogen and oxygen atoms in total. The second-order valence-electron chi connectivity index (χ2n) is 2.52. The summed E-state index contributed by atoms with van der Waals surface area (Å²) in [5.74, 6) is -3.43. The third kappa shape index (κ3) is 2.95. The molecule has 0 aliphatic carbocycles. The van der Waals surface area contributed by atoms with E-state index >= 15 is 0 Å². The Kier molecular flexibility index (Phi) is 3.52. The Morgan fingerprint density at radius 1 is 1.62 bits per heavy atom. The van der Waals surface area contributed by atoms with Gasteiger partial charge in [-0.3, -0.25) is 4.79 Å². The third-order valence-corrected chi connectivity index (χ3v) is 2.40. The Hall–Kier alpha value is -1.58. The van der Waals surface area contributed by atoms with E-state index in [0.29, 0.717) is 11.8 Å². The Labute approximate surface area is 90.4 Å². The molecule has 1 heterocycles. The van der Waals surface area contributed by atoms with E-state index in [4.69, 9.17) is 0 Å². The lowest BCUT2D eigenvalue weighted by atomic mass is 10.4. The van der Waals surface area contributed by atoms with Crippen molar-refractivity contribution in [3.05, 3.63) is 16.4 Å². The number of thioether (sulfide) groups is 1. The van der Waals surface area contributed by atoms with Crippen LogP contribution in [0.3, 0.4) is 0 Å². The van der Waals surface area contributed by atoms with Crippen LogP contribution >= 0.6 is 11.8 Å². The fourth-order valence-electron chi connectivity index (χ4n) is 0.727. The molecule has 0 unspecified atom stereocenters. The lowest BCUT2D eigenvalue weighted by molar-refractivity contribution is -0.392. The van der Waals surface area contributed by atoms with Gasteiger partial charge in [-0.05, 0) is 4.92 Å². The van der Waals surface area contributed by atoms with Crippen molar-refractivity contribution in [2.75, 3.05) is 5.75 Å². The monoisotopic (exact) mass is 255 g/mol. The quantitative estimate of drug-likeness (QED) is 0.500. The minimum absolute atomic E-state index is 0.248. The lowest BCUT2D eigenvalue weighted by Gasteiger charge is -2.02. The maximum absolute atomic E-state index is 11.8. The van der Waals surface area contributed by atoms with Crippen molar-refractivity contribution in [2.24, 2.45) is 0 Å². The molecule has 0 radical (unpaired) electrons. The largest absolute Gasteiger partial charge is 0.450 e. The average molecular weight is 255 g/mol. The van der Waals surface area contributed by atoms with Crippen LogP contribution in [0.5, 0.6) is 0 Å². The SMILES string of the molecule is O=C(CSc1nc[nH]c1[N+](=O)[O-])C(F)(F)F. The van der Waals surface area contributed by atoms with Crippen LogP contribution in [0.1, 0.15) is 0 Å². The van der Waals surface area contributed by atoms with Crippen LogP contribution in [0.2, 0.25) is 0 Å². The number of imidazole rings is 1. The van der Waals surface area contributed by atoms with E-state index in [2.05, 4.69) is 9.97 Å². The zero-order chi connectivity index (χ0) is 12.3. The van der Waals surface area contributed by atoms with Gasteiger partial charge < -0.3 is 10.1 Å².